The van der Waals surface area contributed by atoms with Crippen LogP contribution < -0.4 is 0 Å². The number of hydrogen-bond donors (Lipinski definition) is 0. The van der Waals surface area contributed by atoms with Crippen LogP contribution in [0.25, 0.3) is 0 Å². The van der Waals surface area contributed by atoms with E-state index in [-0.39, 0.29) is 44.0 Å². The van der Waals surface area contributed by atoms with Crippen molar-refractivity contribution < 1.29 is 28.6 Å². The van der Waals surface area contributed by atoms with Crippen LogP contribution in [0.4, 0.5) is 0 Å². The quantitative estimate of drug-likeness (QED) is 0.0262. The number of esters is 3. The number of hydrogen-bond acceptors (Lipinski definition) is 6. The summed E-state index contributed by atoms with van der Waals surface area (Å²) < 4.78 is 16.7. The Balaban J connectivity index is 4.58. The molecule has 0 aromatic carbocycles. The van der Waals surface area contributed by atoms with Crippen molar-refractivity contribution in [3.63, 3.8) is 0 Å². The summed E-state index contributed by atoms with van der Waals surface area (Å²) in [5, 5.41) is 0. The predicted octanol–water partition coefficient (Wildman–Crippen LogP) is 17.9. The van der Waals surface area contributed by atoms with E-state index in [9.17, 15) is 14.4 Å². The minimum Gasteiger partial charge on any atom is -0.462 e. The van der Waals surface area contributed by atoms with Crippen LogP contribution in [0.3, 0.4) is 0 Å². The Bertz CT molecular complexity index is 1480. The Labute approximate surface area is 411 Å². The van der Waals surface area contributed by atoms with Gasteiger partial charge in [0.15, 0.2) is 6.10 Å². The number of unbranched alkanes of at least 4 members (excludes halogenated alkanes) is 13. The summed E-state index contributed by atoms with van der Waals surface area (Å²) in [6.07, 6.45) is 75.9. The van der Waals surface area contributed by atoms with Crippen molar-refractivity contribution in [2.24, 2.45) is 0 Å². The summed E-state index contributed by atoms with van der Waals surface area (Å²) in [6.45, 7) is 6.27. The Morgan fingerprint density at radius 1 is 0.313 bits per heavy atom. The third-order valence-electron chi connectivity index (χ3n) is 10.6. The van der Waals surface area contributed by atoms with Gasteiger partial charge in [-0.25, -0.2) is 0 Å². The normalized spacial score (nSPS) is 13.2. The highest BCUT2D eigenvalue weighted by molar-refractivity contribution is 5.71. The van der Waals surface area contributed by atoms with Crippen LogP contribution in [0.1, 0.15) is 213 Å². The first-order valence-electron chi connectivity index (χ1n) is 26.7. The van der Waals surface area contributed by atoms with E-state index < -0.39 is 6.10 Å². The Morgan fingerprint density at radius 3 is 1.00 bits per heavy atom. The maximum atomic E-state index is 12.8. The molecular weight excluding hydrogens is 829 g/mol. The van der Waals surface area contributed by atoms with E-state index in [1.165, 1.54) is 25.7 Å². The Morgan fingerprint density at radius 2 is 0.612 bits per heavy atom. The lowest BCUT2D eigenvalue weighted by molar-refractivity contribution is -0.166. The lowest BCUT2D eigenvalue weighted by Crippen LogP contribution is -2.30. The zero-order valence-electron chi connectivity index (χ0n) is 42.9. The molecule has 0 aromatic rings. The zero-order chi connectivity index (χ0) is 48.6. The number of ether oxygens (including phenoxy) is 3. The van der Waals surface area contributed by atoms with Gasteiger partial charge in [0.2, 0.25) is 0 Å². The van der Waals surface area contributed by atoms with Gasteiger partial charge in [-0.05, 0) is 122 Å². The number of carbonyl (C=O) groups excluding carboxylic acids is 3. The fraction of sp³-hybridized carbons (Fsp3) is 0.590. The molecule has 0 spiro atoms. The average Bonchev–Trinajstić information content (AvgIpc) is 3.33. The third kappa shape index (κ3) is 52.4. The monoisotopic (exact) mass is 925 g/mol. The summed E-state index contributed by atoms with van der Waals surface area (Å²) in [4.78, 5) is 38.0. The van der Waals surface area contributed by atoms with Crippen molar-refractivity contribution >= 4 is 17.9 Å². The Kier molecular flexibility index (Phi) is 50.6. The molecule has 6 heteroatoms. The topological polar surface area (TPSA) is 78.9 Å². The maximum absolute atomic E-state index is 12.8. The van der Waals surface area contributed by atoms with Crippen molar-refractivity contribution in [1.82, 2.24) is 0 Å². The van der Waals surface area contributed by atoms with Gasteiger partial charge in [-0.3, -0.25) is 14.4 Å². The molecule has 0 bridgehead atoms. The minimum atomic E-state index is -0.829. The molecule has 376 valence electrons. The van der Waals surface area contributed by atoms with Gasteiger partial charge in [-0.15, -0.1) is 0 Å². The molecule has 0 fully saturated rings. The summed E-state index contributed by atoms with van der Waals surface area (Å²) in [6, 6.07) is 0. The first-order valence-corrected chi connectivity index (χ1v) is 26.7. The molecule has 0 unspecified atom stereocenters. The second-order valence-corrected chi connectivity index (χ2v) is 17.0. The van der Waals surface area contributed by atoms with Crippen molar-refractivity contribution in [3.05, 3.63) is 134 Å². The molecule has 0 saturated carbocycles. The molecule has 6 nitrogen and oxygen atoms in total. The predicted molar refractivity (Wildman–Crippen MR) is 288 cm³/mol. The highest BCUT2D eigenvalue weighted by Gasteiger charge is 2.19. The van der Waals surface area contributed by atoms with Crippen LogP contribution >= 0.6 is 0 Å². The molecule has 67 heavy (non-hydrogen) atoms. The molecule has 0 aliphatic rings. The Hall–Kier alpha value is -4.45. The van der Waals surface area contributed by atoms with Crippen LogP contribution in [-0.2, 0) is 28.6 Å². The minimum absolute atomic E-state index is 0.122. The standard InChI is InChI=1S/C61H96O6/c1-4-7-10-13-16-19-22-25-28-29-30-31-34-36-39-42-45-48-51-54-60(63)66-57-58(67-61(64)55-52-49-46-43-40-37-33-27-24-21-18-15-12-9-6-3)56-65-59(62)53-50-47-44-41-38-35-32-26-23-20-17-14-11-8-5-2/h8-9,11-12,16-21,25-28,30-33,36,39,45,48,58H,4-7,10,13-15,22-24,29,34-35,37-38,40-44,46-47,49-57H2,1-3H3/b11-8-,12-9-,19-16-,20-17-,21-18-,28-25-,31-30-,32-26-,33-27-,39-36-,48-45-/t58-/m1/s1. The average molecular weight is 925 g/mol. The first-order chi connectivity index (χ1) is 33.0. The van der Waals surface area contributed by atoms with E-state index in [0.717, 1.165) is 141 Å². The molecule has 0 saturated heterocycles. The molecular formula is C61H96O6. The molecule has 0 radical (unpaired) electrons. The first kappa shape index (κ1) is 62.5. The van der Waals surface area contributed by atoms with Gasteiger partial charge in [0.25, 0.3) is 0 Å². The fourth-order valence-corrected chi connectivity index (χ4v) is 6.69. The number of allylic oxidation sites excluding steroid dienone is 22. The highest BCUT2D eigenvalue weighted by Crippen LogP contribution is 2.12. The smallest absolute Gasteiger partial charge is 0.306 e. The second kappa shape index (κ2) is 54.2. The maximum Gasteiger partial charge on any atom is 0.306 e. The van der Waals surface area contributed by atoms with Gasteiger partial charge in [-0.2, -0.15) is 0 Å². The molecule has 0 aliphatic carbocycles. The number of rotatable bonds is 46. The van der Waals surface area contributed by atoms with Crippen molar-refractivity contribution in [2.45, 2.75) is 219 Å². The molecule has 0 N–H and O–H groups in total. The summed E-state index contributed by atoms with van der Waals surface area (Å²) >= 11 is 0. The van der Waals surface area contributed by atoms with E-state index in [2.05, 4.69) is 142 Å². The van der Waals surface area contributed by atoms with Crippen LogP contribution in [0.5, 0.6) is 0 Å². The van der Waals surface area contributed by atoms with Gasteiger partial charge in [0.1, 0.15) is 13.2 Å². The SMILES string of the molecule is CC/C=C\C/C=C\C/C=C\CCCCCCCC(=O)OC[C@H](COC(=O)CC/C=C\C/C=C\C/C=C\C/C=C\C/C=C\CCCCC)OC(=O)CCCCCCC/C=C\C/C=C\C/C=C\CC. The van der Waals surface area contributed by atoms with Crippen LogP contribution in [-0.4, -0.2) is 37.2 Å². The van der Waals surface area contributed by atoms with Crippen molar-refractivity contribution in [3.8, 4) is 0 Å². The molecule has 0 rings (SSSR count). The summed E-state index contributed by atoms with van der Waals surface area (Å²) in [5.41, 5.74) is 0. The van der Waals surface area contributed by atoms with Crippen LogP contribution in [0.15, 0.2) is 134 Å². The van der Waals surface area contributed by atoms with Gasteiger partial charge >= 0.3 is 17.9 Å². The van der Waals surface area contributed by atoms with E-state index in [1.807, 2.05) is 12.2 Å². The van der Waals surface area contributed by atoms with Gasteiger partial charge in [0.05, 0.1) is 0 Å². The van der Waals surface area contributed by atoms with Gasteiger partial charge in [-0.1, -0.05) is 206 Å². The number of carbonyl (C=O) groups is 3. The third-order valence-corrected chi connectivity index (χ3v) is 10.6. The lowest BCUT2D eigenvalue weighted by Gasteiger charge is -2.18. The molecule has 0 aliphatic heterocycles. The largest absolute Gasteiger partial charge is 0.462 e. The van der Waals surface area contributed by atoms with E-state index >= 15 is 0 Å². The fourth-order valence-electron chi connectivity index (χ4n) is 6.69. The lowest BCUT2D eigenvalue weighted by atomic mass is 10.1. The molecule has 0 heterocycles. The zero-order valence-corrected chi connectivity index (χ0v) is 42.9. The van der Waals surface area contributed by atoms with Crippen LogP contribution in [0.2, 0.25) is 0 Å². The van der Waals surface area contributed by atoms with Crippen molar-refractivity contribution in [1.29, 1.82) is 0 Å². The molecule has 0 aromatic heterocycles. The van der Waals surface area contributed by atoms with E-state index in [1.54, 1.807) is 0 Å². The summed E-state index contributed by atoms with van der Waals surface area (Å²) in [5.74, 6) is -1.05. The second-order valence-electron chi connectivity index (χ2n) is 17.0. The van der Waals surface area contributed by atoms with E-state index in [4.69, 9.17) is 14.2 Å². The van der Waals surface area contributed by atoms with Crippen LogP contribution in [0, 0.1) is 0 Å². The molecule has 0 amide bonds. The van der Waals surface area contributed by atoms with E-state index in [0.29, 0.717) is 12.8 Å². The van der Waals surface area contributed by atoms with Crippen molar-refractivity contribution in [2.75, 3.05) is 13.2 Å². The molecule has 1 atom stereocenters. The highest BCUT2D eigenvalue weighted by atomic mass is 16.6. The van der Waals surface area contributed by atoms with Gasteiger partial charge < -0.3 is 14.2 Å². The summed E-state index contributed by atoms with van der Waals surface area (Å²) in [7, 11) is 0. The van der Waals surface area contributed by atoms with Gasteiger partial charge in [0, 0.05) is 19.3 Å².